The summed E-state index contributed by atoms with van der Waals surface area (Å²) in [5, 5.41) is 0. The summed E-state index contributed by atoms with van der Waals surface area (Å²) in [6, 6.07) is 8.58. The molecule has 1 fully saturated rings. The zero-order valence-electron chi connectivity index (χ0n) is 15.9. The van der Waals surface area contributed by atoms with Gasteiger partial charge < -0.3 is 0 Å². The van der Waals surface area contributed by atoms with Crippen LogP contribution in [-0.4, -0.2) is 48.5 Å². The Morgan fingerprint density at radius 1 is 1.17 bits per heavy atom. The molecule has 2 rings (SSSR count). The lowest BCUT2D eigenvalue weighted by atomic mass is 9.89. The molecule has 1 aromatic carbocycles. The van der Waals surface area contributed by atoms with Crippen LogP contribution in [0.1, 0.15) is 64.6 Å². The SMILES string of the molecule is CCS(=O)(=O)N1CCN(C(C)(C)C)C(c2ccccc2C(C)C)C1. The van der Waals surface area contributed by atoms with Gasteiger partial charge in [0.1, 0.15) is 0 Å². The van der Waals surface area contributed by atoms with Crippen LogP contribution in [0.15, 0.2) is 24.3 Å². The van der Waals surface area contributed by atoms with Crippen LogP contribution in [0, 0.1) is 0 Å². The fourth-order valence-corrected chi connectivity index (χ4v) is 4.70. The van der Waals surface area contributed by atoms with Crippen molar-refractivity contribution in [1.82, 2.24) is 9.21 Å². The standard InChI is InChI=1S/C19H32N2O2S/c1-7-24(22,23)20-12-13-21(19(4,5)6)18(14-20)17-11-9-8-10-16(17)15(2)3/h8-11,15,18H,7,12-14H2,1-6H3. The first-order chi connectivity index (χ1) is 11.1. The molecular formula is C19H32N2O2S. The lowest BCUT2D eigenvalue weighted by molar-refractivity contribution is 0.0344. The van der Waals surface area contributed by atoms with Crippen molar-refractivity contribution in [3.8, 4) is 0 Å². The van der Waals surface area contributed by atoms with Gasteiger partial charge in [-0.15, -0.1) is 0 Å². The first-order valence-electron chi connectivity index (χ1n) is 8.91. The van der Waals surface area contributed by atoms with Gasteiger partial charge in [0, 0.05) is 31.2 Å². The third-order valence-electron chi connectivity index (χ3n) is 4.94. The lowest BCUT2D eigenvalue weighted by Gasteiger charge is -2.48. The molecule has 0 spiro atoms. The summed E-state index contributed by atoms with van der Waals surface area (Å²) >= 11 is 0. The van der Waals surface area contributed by atoms with Crippen molar-refractivity contribution >= 4 is 10.0 Å². The molecule has 1 atom stereocenters. The van der Waals surface area contributed by atoms with Crippen LogP contribution in [0.3, 0.4) is 0 Å². The highest BCUT2D eigenvalue weighted by Crippen LogP contribution is 2.36. The predicted octanol–water partition coefficient (Wildman–Crippen LogP) is 3.62. The second-order valence-corrected chi connectivity index (χ2v) is 10.2. The summed E-state index contributed by atoms with van der Waals surface area (Å²) in [5.74, 6) is 0.585. The summed E-state index contributed by atoms with van der Waals surface area (Å²) in [6.07, 6.45) is 0. The molecule has 0 aliphatic carbocycles. The molecule has 0 amide bonds. The predicted molar refractivity (Wildman–Crippen MR) is 101 cm³/mol. The maximum atomic E-state index is 12.4. The molecule has 1 saturated heterocycles. The highest BCUT2D eigenvalue weighted by atomic mass is 32.2. The van der Waals surface area contributed by atoms with Crippen molar-refractivity contribution in [2.45, 2.75) is 59.0 Å². The highest BCUT2D eigenvalue weighted by molar-refractivity contribution is 7.89. The maximum Gasteiger partial charge on any atom is 0.213 e. The van der Waals surface area contributed by atoms with E-state index in [2.05, 4.69) is 63.8 Å². The van der Waals surface area contributed by atoms with E-state index >= 15 is 0 Å². The van der Waals surface area contributed by atoms with Crippen molar-refractivity contribution < 1.29 is 8.42 Å². The monoisotopic (exact) mass is 352 g/mol. The molecule has 0 saturated carbocycles. The van der Waals surface area contributed by atoms with Gasteiger partial charge in [-0.3, -0.25) is 4.90 Å². The molecule has 0 bridgehead atoms. The Labute approximate surface area is 147 Å². The van der Waals surface area contributed by atoms with Gasteiger partial charge in [0.2, 0.25) is 10.0 Å². The first kappa shape index (κ1) is 19.4. The Morgan fingerprint density at radius 3 is 2.33 bits per heavy atom. The van der Waals surface area contributed by atoms with E-state index in [0.717, 1.165) is 6.54 Å². The molecule has 0 aromatic heterocycles. The summed E-state index contributed by atoms with van der Waals surface area (Å²) in [7, 11) is -3.16. The van der Waals surface area contributed by atoms with Gasteiger partial charge in [-0.1, -0.05) is 38.1 Å². The van der Waals surface area contributed by atoms with E-state index in [1.54, 1.807) is 11.2 Å². The number of sulfonamides is 1. The van der Waals surface area contributed by atoms with Gasteiger partial charge in [-0.25, -0.2) is 8.42 Å². The molecule has 1 unspecified atom stereocenters. The minimum absolute atomic E-state index is 0.00315. The number of piperazine rings is 1. The molecule has 1 aliphatic heterocycles. The lowest BCUT2D eigenvalue weighted by Crippen LogP contribution is -2.56. The van der Waals surface area contributed by atoms with E-state index in [0.29, 0.717) is 19.0 Å². The Hall–Kier alpha value is -0.910. The number of nitrogens with zero attached hydrogens (tertiary/aromatic N) is 2. The van der Waals surface area contributed by atoms with Crippen LogP contribution in [-0.2, 0) is 10.0 Å². The van der Waals surface area contributed by atoms with Crippen molar-refractivity contribution in [2.24, 2.45) is 0 Å². The molecule has 0 N–H and O–H groups in total. The van der Waals surface area contributed by atoms with E-state index in [-0.39, 0.29) is 17.3 Å². The van der Waals surface area contributed by atoms with Crippen LogP contribution in [0.4, 0.5) is 0 Å². The molecule has 136 valence electrons. The maximum absolute atomic E-state index is 12.4. The largest absolute Gasteiger partial charge is 0.289 e. The van der Waals surface area contributed by atoms with Crippen LogP contribution < -0.4 is 0 Å². The van der Waals surface area contributed by atoms with Crippen LogP contribution in [0.2, 0.25) is 0 Å². The number of hydrogen-bond donors (Lipinski definition) is 0. The van der Waals surface area contributed by atoms with E-state index in [9.17, 15) is 8.42 Å². The average molecular weight is 353 g/mol. The Kier molecular flexibility index (Phi) is 5.78. The molecular weight excluding hydrogens is 320 g/mol. The van der Waals surface area contributed by atoms with Crippen molar-refractivity contribution in [1.29, 1.82) is 0 Å². The fraction of sp³-hybridized carbons (Fsp3) is 0.684. The zero-order valence-corrected chi connectivity index (χ0v) is 16.7. The smallest absolute Gasteiger partial charge is 0.213 e. The quantitative estimate of drug-likeness (QED) is 0.831. The van der Waals surface area contributed by atoms with E-state index in [1.165, 1.54) is 11.1 Å². The summed E-state index contributed by atoms with van der Waals surface area (Å²) in [4.78, 5) is 2.45. The second kappa shape index (κ2) is 7.14. The van der Waals surface area contributed by atoms with Gasteiger partial charge in [-0.05, 0) is 44.7 Å². The summed E-state index contributed by atoms with van der Waals surface area (Å²) in [6.45, 7) is 14.6. The minimum Gasteiger partial charge on any atom is -0.289 e. The van der Waals surface area contributed by atoms with Gasteiger partial charge in [0.05, 0.1) is 5.75 Å². The third kappa shape index (κ3) is 4.01. The topological polar surface area (TPSA) is 40.6 Å². The second-order valence-electron chi connectivity index (χ2n) is 7.92. The zero-order chi connectivity index (χ0) is 18.1. The van der Waals surface area contributed by atoms with Gasteiger partial charge in [0.25, 0.3) is 0 Å². The number of benzene rings is 1. The first-order valence-corrected chi connectivity index (χ1v) is 10.5. The summed E-state index contributed by atoms with van der Waals surface area (Å²) < 4.78 is 26.5. The van der Waals surface area contributed by atoms with Crippen LogP contribution in [0.5, 0.6) is 0 Å². The van der Waals surface area contributed by atoms with E-state index in [1.807, 2.05) is 0 Å². The van der Waals surface area contributed by atoms with Crippen molar-refractivity contribution in [3.63, 3.8) is 0 Å². The van der Waals surface area contributed by atoms with Crippen molar-refractivity contribution in [2.75, 3.05) is 25.4 Å². The molecule has 4 nitrogen and oxygen atoms in total. The van der Waals surface area contributed by atoms with Crippen LogP contribution in [0.25, 0.3) is 0 Å². The van der Waals surface area contributed by atoms with Gasteiger partial charge >= 0.3 is 0 Å². The van der Waals surface area contributed by atoms with Crippen molar-refractivity contribution in [3.05, 3.63) is 35.4 Å². The molecule has 5 heteroatoms. The van der Waals surface area contributed by atoms with E-state index < -0.39 is 10.0 Å². The normalized spacial score (nSPS) is 21.4. The summed E-state index contributed by atoms with van der Waals surface area (Å²) in [5.41, 5.74) is 2.57. The molecule has 24 heavy (non-hydrogen) atoms. The Morgan fingerprint density at radius 2 is 1.79 bits per heavy atom. The van der Waals surface area contributed by atoms with Crippen LogP contribution >= 0.6 is 0 Å². The Balaban J connectivity index is 2.47. The Bertz CT molecular complexity index is 662. The molecule has 1 aromatic rings. The number of rotatable bonds is 4. The van der Waals surface area contributed by atoms with Gasteiger partial charge in [0.15, 0.2) is 0 Å². The third-order valence-corrected chi connectivity index (χ3v) is 6.79. The minimum atomic E-state index is -3.16. The number of hydrogen-bond acceptors (Lipinski definition) is 3. The molecule has 1 aliphatic rings. The van der Waals surface area contributed by atoms with E-state index in [4.69, 9.17) is 0 Å². The average Bonchev–Trinajstić information content (AvgIpc) is 2.53. The molecule has 1 heterocycles. The highest BCUT2D eigenvalue weighted by Gasteiger charge is 2.38. The van der Waals surface area contributed by atoms with Gasteiger partial charge in [-0.2, -0.15) is 4.31 Å². The molecule has 0 radical (unpaired) electrons. The fourth-order valence-electron chi connectivity index (χ4n) is 3.60.